The molecule has 0 saturated heterocycles. The topological polar surface area (TPSA) is 50.2 Å². The van der Waals surface area contributed by atoms with Crippen molar-refractivity contribution >= 4 is 11.5 Å². The molecule has 94 valence electrons. The first-order valence-corrected chi connectivity index (χ1v) is 6.34. The number of aromatic carboxylic acids is 1. The number of allylic oxidation sites excluding steroid dienone is 4. The van der Waals surface area contributed by atoms with Gasteiger partial charge in [-0.1, -0.05) is 32.1 Å². The summed E-state index contributed by atoms with van der Waals surface area (Å²) in [5.74, 6) is 0.414. The van der Waals surface area contributed by atoms with E-state index in [0.717, 1.165) is 17.1 Å². The highest BCUT2D eigenvalue weighted by Gasteiger charge is 2.35. The van der Waals surface area contributed by atoms with Crippen LogP contribution in [0.4, 0.5) is 0 Å². The summed E-state index contributed by atoms with van der Waals surface area (Å²) in [6, 6.07) is 3.48. The highest BCUT2D eigenvalue weighted by molar-refractivity contribution is 5.87. The molecule has 3 nitrogen and oxygen atoms in total. The molecule has 2 atom stereocenters. The molecule has 2 aliphatic rings. The number of hydrogen-bond acceptors (Lipinski definition) is 2. The van der Waals surface area contributed by atoms with Crippen LogP contribution < -0.4 is 0 Å². The zero-order chi connectivity index (χ0) is 13.1. The van der Waals surface area contributed by atoms with Gasteiger partial charge in [0.05, 0.1) is 0 Å². The van der Waals surface area contributed by atoms with Crippen LogP contribution in [0, 0.1) is 11.8 Å². The Morgan fingerprint density at radius 3 is 2.83 bits per heavy atom. The van der Waals surface area contributed by atoms with Crippen molar-refractivity contribution in [1.82, 2.24) is 4.98 Å². The van der Waals surface area contributed by atoms with Gasteiger partial charge < -0.3 is 5.11 Å². The summed E-state index contributed by atoms with van der Waals surface area (Å²) < 4.78 is 0. The molecule has 0 radical (unpaired) electrons. The van der Waals surface area contributed by atoms with E-state index < -0.39 is 5.97 Å². The summed E-state index contributed by atoms with van der Waals surface area (Å²) in [5, 5.41) is 8.87. The van der Waals surface area contributed by atoms with Gasteiger partial charge >= 0.3 is 5.97 Å². The lowest BCUT2D eigenvalue weighted by molar-refractivity contribution is 0.0690. The number of hydrogen-bond donors (Lipinski definition) is 1. The summed E-state index contributed by atoms with van der Waals surface area (Å²) in [4.78, 5) is 14.6. The summed E-state index contributed by atoms with van der Waals surface area (Å²) in [6.45, 7) is 4.00. The highest BCUT2D eigenvalue weighted by Crippen LogP contribution is 2.45. The fourth-order valence-corrected chi connectivity index (χ4v) is 2.08. The van der Waals surface area contributed by atoms with Gasteiger partial charge in [-0.2, -0.15) is 0 Å². The smallest absolute Gasteiger partial charge is 0.354 e. The van der Waals surface area contributed by atoms with E-state index >= 15 is 0 Å². The fraction of sp³-hybridized carbons (Fsp3) is 0.333. The van der Waals surface area contributed by atoms with Crippen molar-refractivity contribution in [3.05, 3.63) is 47.8 Å². The first-order chi connectivity index (χ1) is 8.74. The van der Waals surface area contributed by atoms with E-state index in [-0.39, 0.29) is 5.69 Å². The summed E-state index contributed by atoms with van der Waals surface area (Å²) in [7, 11) is 0. The Bertz CT molecular complexity index is 517. The zero-order valence-electron chi connectivity index (χ0n) is 10.6. The summed E-state index contributed by atoms with van der Waals surface area (Å²) in [6.07, 6.45) is 9.30. The number of pyridine rings is 1. The average Bonchev–Trinajstić information content (AvgIpc) is 3.19. The maximum absolute atomic E-state index is 10.8. The van der Waals surface area contributed by atoms with Crippen molar-refractivity contribution in [3.8, 4) is 0 Å². The Morgan fingerprint density at radius 1 is 1.39 bits per heavy atom. The Hall–Kier alpha value is -1.90. The molecule has 2 unspecified atom stereocenters. The Labute approximate surface area is 107 Å². The molecular weight excluding hydrogens is 226 g/mol. The molecule has 0 bridgehead atoms. The number of carboxylic acids is 1. The highest BCUT2D eigenvalue weighted by atomic mass is 16.4. The minimum absolute atomic E-state index is 0.102. The van der Waals surface area contributed by atoms with Crippen LogP contribution >= 0.6 is 0 Å². The van der Waals surface area contributed by atoms with Crippen LogP contribution in [-0.2, 0) is 0 Å². The van der Waals surface area contributed by atoms with Gasteiger partial charge in [0.1, 0.15) is 5.69 Å². The van der Waals surface area contributed by atoms with E-state index in [1.807, 2.05) is 19.9 Å². The Kier molecular flexibility index (Phi) is 3.60. The van der Waals surface area contributed by atoms with Gasteiger partial charge in [-0.15, -0.1) is 0 Å². The van der Waals surface area contributed by atoms with Crippen LogP contribution in [0.25, 0.3) is 5.57 Å². The minimum Gasteiger partial charge on any atom is -0.477 e. The molecule has 1 N–H and O–H groups in total. The second-order valence-corrected chi connectivity index (χ2v) is 4.28. The molecule has 1 aromatic rings. The third-order valence-electron chi connectivity index (χ3n) is 3.12. The number of fused-ring (bicyclic) bond motifs is 1. The van der Waals surface area contributed by atoms with Crippen molar-refractivity contribution < 1.29 is 9.90 Å². The first-order valence-electron chi connectivity index (χ1n) is 6.34. The second-order valence-electron chi connectivity index (χ2n) is 4.28. The zero-order valence-corrected chi connectivity index (χ0v) is 10.6. The lowest BCUT2D eigenvalue weighted by Crippen LogP contribution is -2.00. The molecule has 0 aliphatic heterocycles. The SMILES string of the molecule is CC.O=C(O)c1cc(C2=CC3CC3C=C2)ccn1. The number of nitrogens with zero attached hydrogens (tertiary/aromatic N) is 1. The van der Waals surface area contributed by atoms with Crippen LogP contribution in [0.3, 0.4) is 0 Å². The predicted octanol–water partition coefficient (Wildman–Crippen LogP) is 3.40. The van der Waals surface area contributed by atoms with Gasteiger partial charge in [-0.25, -0.2) is 9.78 Å². The molecule has 0 spiro atoms. The number of rotatable bonds is 2. The van der Waals surface area contributed by atoms with E-state index in [2.05, 4.69) is 23.2 Å². The van der Waals surface area contributed by atoms with Gasteiger partial charge in [-0.3, -0.25) is 0 Å². The fourth-order valence-electron chi connectivity index (χ4n) is 2.08. The van der Waals surface area contributed by atoms with E-state index in [4.69, 9.17) is 5.11 Å². The Morgan fingerprint density at radius 2 is 2.17 bits per heavy atom. The van der Waals surface area contributed by atoms with E-state index in [1.165, 1.54) is 6.42 Å². The van der Waals surface area contributed by atoms with Crippen molar-refractivity contribution in [1.29, 1.82) is 0 Å². The third-order valence-corrected chi connectivity index (χ3v) is 3.12. The van der Waals surface area contributed by atoms with Crippen molar-refractivity contribution in [2.75, 3.05) is 0 Å². The first kappa shape index (κ1) is 12.6. The molecule has 0 aromatic carbocycles. The lowest BCUT2D eigenvalue weighted by atomic mass is 10.00. The van der Waals surface area contributed by atoms with Crippen LogP contribution in [0.5, 0.6) is 0 Å². The van der Waals surface area contributed by atoms with Gasteiger partial charge in [-0.05, 0) is 41.5 Å². The average molecular weight is 243 g/mol. The number of carbonyl (C=O) groups is 1. The van der Waals surface area contributed by atoms with Gasteiger partial charge in [0, 0.05) is 6.20 Å². The van der Waals surface area contributed by atoms with Crippen LogP contribution in [0.1, 0.15) is 36.3 Å². The summed E-state index contributed by atoms with van der Waals surface area (Å²) >= 11 is 0. The minimum atomic E-state index is -0.980. The molecule has 3 heteroatoms. The van der Waals surface area contributed by atoms with Crippen LogP contribution in [-0.4, -0.2) is 16.1 Å². The normalized spacial score (nSPS) is 23.3. The van der Waals surface area contributed by atoms with Crippen molar-refractivity contribution in [2.24, 2.45) is 11.8 Å². The van der Waals surface area contributed by atoms with E-state index in [9.17, 15) is 4.79 Å². The van der Waals surface area contributed by atoms with Crippen molar-refractivity contribution in [3.63, 3.8) is 0 Å². The number of carboxylic acid groups (broad SMARTS) is 1. The number of aromatic nitrogens is 1. The maximum Gasteiger partial charge on any atom is 0.354 e. The predicted molar refractivity (Wildman–Crippen MR) is 71.3 cm³/mol. The molecule has 1 aromatic heterocycles. The van der Waals surface area contributed by atoms with Crippen molar-refractivity contribution in [2.45, 2.75) is 20.3 Å². The van der Waals surface area contributed by atoms with Crippen LogP contribution in [0.15, 0.2) is 36.6 Å². The maximum atomic E-state index is 10.8. The van der Waals surface area contributed by atoms with Gasteiger partial charge in [0.25, 0.3) is 0 Å². The van der Waals surface area contributed by atoms with Crippen LogP contribution in [0.2, 0.25) is 0 Å². The second kappa shape index (κ2) is 5.17. The molecule has 1 heterocycles. The molecule has 0 amide bonds. The van der Waals surface area contributed by atoms with E-state index in [0.29, 0.717) is 5.92 Å². The monoisotopic (exact) mass is 243 g/mol. The van der Waals surface area contributed by atoms with Gasteiger partial charge in [0.15, 0.2) is 0 Å². The Balaban J connectivity index is 0.000000574. The van der Waals surface area contributed by atoms with Gasteiger partial charge in [0.2, 0.25) is 0 Å². The molecule has 3 rings (SSSR count). The molecule has 1 saturated carbocycles. The molecule has 18 heavy (non-hydrogen) atoms. The standard InChI is InChI=1S/C13H11NO2.C2H6/c15-13(16)12-7-10(3-4-14-12)8-1-2-9-6-11(9)5-8;1-2/h1-5,7,9,11H,6H2,(H,15,16);1-2H3. The molecular formula is C15H17NO2. The summed E-state index contributed by atoms with van der Waals surface area (Å²) in [5.41, 5.74) is 2.15. The quantitative estimate of drug-likeness (QED) is 0.866. The molecule has 1 fully saturated rings. The van der Waals surface area contributed by atoms with E-state index in [1.54, 1.807) is 12.3 Å². The largest absolute Gasteiger partial charge is 0.477 e. The molecule has 2 aliphatic carbocycles. The lowest BCUT2D eigenvalue weighted by Gasteiger charge is -2.06. The third kappa shape index (κ3) is 2.50.